The molecule has 0 saturated carbocycles. The van der Waals surface area contributed by atoms with Gasteiger partial charge in [0.05, 0.1) is 33.0 Å². The van der Waals surface area contributed by atoms with Crippen LogP contribution in [0, 0.1) is 0 Å². The topological polar surface area (TPSA) is 11.4 Å². The smallest absolute Gasteiger partial charge is 0.252 e. The minimum Gasteiger partial charge on any atom is -0.311 e. The highest BCUT2D eigenvalue weighted by Crippen LogP contribution is 2.68. The maximum atomic E-state index is 2.77. The second kappa shape index (κ2) is 20.8. The van der Waals surface area contributed by atoms with Gasteiger partial charge in [0.15, 0.2) is 0 Å². The van der Waals surface area contributed by atoms with Crippen molar-refractivity contribution in [2.45, 2.75) is 16.2 Å². The Kier molecular flexibility index (Phi) is 11.2. The van der Waals surface area contributed by atoms with Crippen molar-refractivity contribution < 1.29 is 0 Å². The van der Waals surface area contributed by atoms with Gasteiger partial charge in [-0.1, -0.05) is 315 Å². The third-order valence-corrected chi connectivity index (χ3v) is 26.6. The standard InChI is InChI=1S/C105H62BN3/c1-2-26-63(27-3-1)64-50-52-65(53-51-64)107-96-57-56-80-75-35-11-23-47-90(75)105(88-45-21-9-32-72(88)73-33-10-22-46-89(73)105)100(80)102(96)106-93-61-81-76-36-12-20-44-87(76)104(84-41-17-6-30-70(84)71-31-7-18-42-85(71)104)92(81)62-97(93)108(99-60-67(59-98(107)101(99)106)109-94-48-24-13-37-78(94)79-38-14-25-49-95(79)109)66-54-55-77-74-34-8-19-43-86(74)103(91(77)58-66)82-39-15-4-28-68(82)69-29-5-16-40-83(69)103/h1-62H. The quantitative estimate of drug-likeness (QED) is 0.163. The van der Waals surface area contributed by atoms with E-state index in [1.807, 2.05) is 0 Å². The summed E-state index contributed by atoms with van der Waals surface area (Å²) in [7, 11) is 0. The van der Waals surface area contributed by atoms with Crippen molar-refractivity contribution in [1.82, 2.24) is 4.57 Å². The Morgan fingerprint density at radius 1 is 0.202 bits per heavy atom. The fourth-order valence-electron chi connectivity index (χ4n) is 22.8. The summed E-state index contributed by atoms with van der Waals surface area (Å²) in [5, 5.41) is 2.44. The highest BCUT2D eigenvalue weighted by molar-refractivity contribution is 7.01. The minimum atomic E-state index is -0.701. The highest BCUT2D eigenvalue weighted by atomic mass is 15.2. The number of hydrogen-bond donors (Lipinski definition) is 0. The van der Waals surface area contributed by atoms with Crippen LogP contribution in [-0.4, -0.2) is 11.3 Å². The Morgan fingerprint density at radius 2 is 0.550 bits per heavy atom. The lowest BCUT2D eigenvalue weighted by Crippen LogP contribution is -2.63. The van der Waals surface area contributed by atoms with Gasteiger partial charge in [0, 0.05) is 44.9 Å². The van der Waals surface area contributed by atoms with Gasteiger partial charge in [0.25, 0.3) is 6.71 Å². The average molecular weight is 1380 g/mol. The Bertz CT molecular complexity index is 6930. The van der Waals surface area contributed by atoms with Gasteiger partial charge in [-0.05, 0) is 222 Å². The molecule has 2 aliphatic heterocycles. The van der Waals surface area contributed by atoms with E-state index >= 15 is 0 Å². The van der Waals surface area contributed by atoms with Crippen LogP contribution in [0.2, 0.25) is 0 Å². The van der Waals surface area contributed by atoms with E-state index in [9.17, 15) is 0 Å². The Balaban J connectivity index is 0.857. The molecule has 3 heterocycles. The molecule has 0 saturated heterocycles. The molecule has 4 heteroatoms. The predicted octanol–water partition coefficient (Wildman–Crippen LogP) is 23.6. The number of anilines is 6. The largest absolute Gasteiger partial charge is 0.311 e. The number of aromatic nitrogens is 1. The van der Waals surface area contributed by atoms with E-state index in [0.717, 1.165) is 39.5 Å². The predicted molar refractivity (Wildman–Crippen MR) is 449 cm³/mol. The number of benzene rings is 17. The number of para-hydroxylation sites is 2. The zero-order valence-corrected chi connectivity index (χ0v) is 59.2. The second-order valence-corrected chi connectivity index (χ2v) is 31.1. The Labute approximate surface area is 631 Å². The van der Waals surface area contributed by atoms with Crippen LogP contribution in [0.3, 0.4) is 0 Å². The second-order valence-electron chi connectivity index (χ2n) is 31.1. The molecule has 26 rings (SSSR count). The molecular weight excluding hydrogens is 1310 g/mol. The molecule has 3 spiro atoms. The molecule has 3 nitrogen and oxygen atoms in total. The van der Waals surface area contributed by atoms with E-state index < -0.39 is 16.2 Å². The number of fused-ring (bicyclic) bond motifs is 38. The van der Waals surface area contributed by atoms with Crippen molar-refractivity contribution in [3.63, 3.8) is 0 Å². The van der Waals surface area contributed by atoms with Gasteiger partial charge in [-0.25, -0.2) is 0 Å². The van der Waals surface area contributed by atoms with Crippen molar-refractivity contribution in [2.24, 2.45) is 0 Å². The van der Waals surface area contributed by atoms with Crippen LogP contribution < -0.4 is 26.2 Å². The maximum absolute atomic E-state index is 2.77. The van der Waals surface area contributed by atoms with E-state index in [-0.39, 0.29) is 6.71 Å². The van der Waals surface area contributed by atoms with E-state index in [1.54, 1.807) is 0 Å². The zero-order valence-electron chi connectivity index (χ0n) is 59.2. The van der Waals surface area contributed by atoms with Crippen LogP contribution in [0.5, 0.6) is 0 Å². The monoisotopic (exact) mass is 1380 g/mol. The molecule has 0 radical (unpaired) electrons. The summed E-state index contributed by atoms with van der Waals surface area (Å²) in [5.74, 6) is 0. The van der Waals surface area contributed by atoms with Crippen LogP contribution >= 0.6 is 0 Å². The first-order valence-electron chi connectivity index (χ1n) is 38.4. The lowest BCUT2D eigenvalue weighted by molar-refractivity contribution is 0.792. The van der Waals surface area contributed by atoms with Crippen LogP contribution in [0.15, 0.2) is 376 Å². The van der Waals surface area contributed by atoms with Gasteiger partial charge in [0.2, 0.25) is 0 Å². The fraction of sp³-hybridized carbons (Fsp3) is 0.0286. The van der Waals surface area contributed by atoms with Gasteiger partial charge in [-0.15, -0.1) is 0 Å². The molecule has 18 aromatic rings. The van der Waals surface area contributed by atoms with Crippen LogP contribution in [-0.2, 0) is 16.2 Å². The lowest BCUT2D eigenvalue weighted by Gasteiger charge is -2.47. The van der Waals surface area contributed by atoms with Crippen LogP contribution in [0.25, 0.3) is 105 Å². The number of rotatable bonds is 4. The first-order valence-corrected chi connectivity index (χ1v) is 38.4. The zero-order chi connectivity index (χ0) is 70.7. The summed E-state index contributed by atoms with van der Waals surface area (Å²) in [6, 6.07) is 146. The molecule has 17 aromatic carbocycles. The van der Waals surface area contributed by atoms with Gasteiger partial charge < -0.3 is 14.4 Å². The molecule has 6 aliphatic carbocycles. The molecular formula is C105H62BN3. The number of hydrogen-bond acceptors (Lipinski definition) is 2. The molecule has 0 unspecified atom stereocenters. The van der Waals surface area contributed by atoms with Gasteiger partial charge in [0.1, 0.15) is 0 Å². The third-order valence-electron chi connectivity index (χ3n) is 26.6. The normalized spacial score (nSPS) is 15.0. The van der Waals surface area contributed by atoms with Crippen LogP contribution in [0.4, 0.5) is 34.1 Å². The van der Waals surface area contributed by atoms with E-state index in [2.05, 4.69) is 390 Å². The average Bonchev–Trinajstić information content (AvgIpc) is 1.18. The van der Waals surface area contributed by atoms with E-state index in [1.165, 1.54) is 183 Å². The van der Waals surface area contributed by atoms with E-state index in [0.29, 0.717) is 0 Å². The third kappa shape index (κ3) is 6.96. The molecule has 1 aromatic heterocycles. The maximum Gasteiger partial charge on any atom is 0.252 e. The molecule has 0 amide bonds. The van der Waals surface area contributed by atoms with Crippen LogP contribution in [0.1, 0.15) is 66.8 Å². The Hall–Kier alpha value is -13.8. The highest BCUT2D eigenvalue weighted by Gasteiger charge is 2.59. The molecule has 0 bridgehead atoms. The molecule has 0 atom stereocenters. The lowest BCUT2D eigenvalue weighted by atomic mass is 9.31. The van der Waals surface area contributed by atoms with E-state index in [4.69, 9.17) is 0 Å². The van der Waals surface area contributed by atoms with Crippen molar-refractivity contribution in [1.29, 1.82) is 0 Å². The summed E-state index contributed by atoms with van der Waals surface area (Å²) in [6.45, 7) is -0.324. The SMILES string of the molecule is c1ccc(-c2ccc(N3c4cc(-n5c6ccccc6c6ccccc65)cc5c4B(c4cc6c(cc4N5c4ccc5c(c4)C4(c7ccccc7-c7ccccc74)c4ccccc4-5)C4(c5ccccc5-c5ccccc54)c4ccccc4-6)c4c3ccc3c4C4(c5ccccc5-c5ccccc54)c4ccccc4-3)cc2)cc1. The summed E-state index contributed by atoms with van der Waals surface area (Å²) < 4.78 is 2.57. The fourth-order valence-corrected chi connectivity index (χ4v) is 22.8. The Morgan fingerprint density at radius 3 is 1.02 bits per heavy atom. The molecule has 0 N–H and O–H groups in total. The summed E-state index contributed by atoms with van der Waals surface area (Å²) in [6.07, 6.45) is 0. The molecule has 500 valence electrons. The van der Waals surface area contributed by atoms with Crippen molar-refractivity contribution in [2.75, 3.05) is 9.80 Å². The van der Waals surface area contributed by atoms with Gasteiger partial charge in [-0.2, -0.15) is 0 Å². The van der Waals surface area contributed by atoms with Crippen molar-refractivity contribution >= 4 is 79.0 Å². The summed E-state index contributed by atoms with van der Waals surface area (Å²) in [4.78, 5) is 5.46. The van der Waals surface area contributed by atoms with Gasteiger partial charge >= 0.3 is 0 Å². The molecule has 0 fully saturated rings. The molecule has 109 heavy (non-hydrogen) atoms. The first kappa shape index (κ1) is 58.5. The van der Waals surface area contributed by atoms with Crippen molar-refractivity contribution in [3.8, 4) is 83.6 Å². The number of nitrogens with zero attached hydrogens (tertiary/aromatic N) is 3. The first-order chi connectivity index (χ1) is 54.1. The van der Waals surface area contributed by atoms with Crippen molar-refractivity contribution in [3.05, 3.63) is 443 Å². The minimum absolute atomic E-state index is 0.324. The van der Waals surface area contributed by atoms with Gasteiger partial charge in [-0.3, -0.25) is 0 Å². The summed E-state index contributed by atoms with van der Waals surface area (Å²) in [5.41, 5.74) is 45.8. The summed E-state index contributed by atoms with van der Waals surface area (Å²) >= 11 is 0. The molecule has 8 aliphatic rings.